The molecule has 0 aliphatic rings. The molecule has 3 heteroatoms. The summed E-state index contributed by atoms with van der Waals surface area (Å²) in [5.74, 6) is 7.36. The van der Waals surface area contributed by atoms with Crippen molar-refractivity contribution in [3.05, 3.63) is 65.5 Å². The van der Waals surface area contributed by atoms with Gasteiger partial charge >= 0.3 is 0 Å². The number of hydrogen-bond donors (Lipinski definition) is 0. The van der Waals surface area contributed by atoms with Crippen LogP contribution >= 0.6 is 11.6 Å². The van der Waals surface area contributed by atoms with Crippen LogP contribution < -0.4 is 9.47 Å². The van der Waals surface area contributed by atoms with Crippen molar-refractivity contribution in [2.24, 2.45) is 0 Å². The first-order valence-corrected chi connectivity index (χ1v) is 6.94. The third kappa shape index (κ3) is 4.44. The zero-order valence-corrected chi connectivity index (χ0v) is 12.6. The van der Waals surface area contributed by atoms with Gasteiger partial charge in [0.25, 0.3) is 0 Å². The molecule has 2 rings (SSSR count). The molecule has 0 fully saturated rings. The Labute approximate surface area is 130 Å². The lowest BCUT2D eigenvalue weighted by atomic mass is 10.1. The van der Waals surface area contributed by atoms with Crippen LogP contribution in [0.15, 0.2) is 42.5 Å². The summed E-state index contributed by atoms with van der Waals surface area (Å²) in [6.07, 6.45) is 0.715. The molecule has 0 atom stereocenters. The Kier molecular flexibility index (Phi) is 5.54. The summed E-state index contributed by atoms with van der Waals surface area (Å²) in [4.78, 5) is 0. The number of ether oxygens (including phenoxy) is 2. The van der Waals surface area contributed by atoms with Crippen molar-refractivity contribution >= 4 is 11.6 Å². The highest BCUT2D eigenvalue weighted by Gasteiger charge is 2.04. The minimum Gasteiger partial charge on any atom is -0.493 e. The lowest BCUT2D eigenvalue weighted by Crippen LogP contribution is -1.97. The van der Waals surface area contributed by atoms with Crippen LogP contribution in [0.2, 0.25) is 5.02 Å². The minimum absolute atomic E-state index is 0.294. The molecule has 0 aliphatic heterocycles. The van der Waals surface area contributed by atoms with E-state index < -0.39 is 0 Å². The zero-order chi connectivity index (χ0) is 15.1. The summed E-state index contributed by atoms with van der Waals surface area (Å²) in [5.41, 5.74) is 2.01. The fourth-order valence-corrected chi connectivity index (χ4v) is 1.90. The van der Waals surface area contributed by atoms with Crippen LogP contribution in [0.25, 0.3) is 0 Å². The lowest BCUT2D eigenvalue weighted by molar-refractivity contribution is 0.330. The predicted molar refractivity (Wildman–Crippen MR) is 85.9 cm³/mol. The largest absolute Gasteiger partial charge is 0.493 e. The van der Waals surface area contributed by atoms with Gasteiger partial charge in [0.1, 0.15) is 6.61 Å². The number of methoxy groups -OCH3 is 1. The third-order valence-corrected chi connectivity index (χ3v) is 3.15. The van der Waals surface area contributed by atoms with Gasteiger partial charge in [0.2, 0.25) is 0 Å². The summed E-state index contributed by atoms with van der Waals surface area (Å²) >= 11 is 5.82. The van der Waals surface area contributed by atoms with Crippen molar-refractivity contribution in [2.75, 3.05) is 13.7 Å². The highest BCUT2D eigenvalue weighted by atomic mass is 35.5. The molecule has 0 unspecified atom stereocenters. The monoisotopic (exact) mass is 299 g/mol. The average molecular weight is 300 g/mol. The standard InChI is InChI=1S/C18H16ClO2/c1-3-14-8-11-17(18(13-14)20-2)21-12-4-5-15-6-9-16(19)10-7-15/h6-11,13H,1,3,12H2,2H3. The van der Waals surface area contributed by atoms with Crippen LogP contribution in [0.1, 0.15) is 11.1 Å². The summed E-state index contributed by atoms with van der Waals surface area (Å²) in [6.45, 7) is 4.14. The maximum absolute atomic E-state index is 5.82. The molecule has 2 aromatic carbocycles. The van der Waals surface area contributed by atoms with Crippen molar-refractivity contribution in [3.63, 3.8) is 0 Å². The lowest BCUT2D eigenvalue weighted by Gasteiger charge is -2.09. The van der Waals surface area contributed by atoms with Crippen molar-refractivity contribution in [3.8, 4) is 23.3 Å². The summed E-state index contributed by atoms with van der Waals surface area (Å²) in [5, 5.41) is 0.701. The van der Waals surface area contributed by atoms with Crippen LogP contribution in [0.3, 0.4) is 0 Å². The quantitative estimate of drug-likeness (QED) is 0.789. The molecule has 0 saturated carbocycles. The molecular weight excluding hydrogens is 284 g/mol. The van der Waals surface area contributed by atoms with E-state index in [1.165, 1.54) is 0 Å². The van der Waals surface area contributed by atoms with E-state index in [-0.39, 0.29) is 0 Å². The van der Waals surface area contributed by atoms with E-state index in [0.717, 1.165) is 11.1 Å². The van der Waals surface area contributed by atoms with E-state index in [1.807, 2.05) is 42.5 Å². The third-order valence-electron chi connectivity index (χ3n) is 2.89. The van der Waals surface area contributed by atoms with E-state index in [9.17, 15) is 0 Å². The molecule has 0 aliphatic carbocycles. The molecule has 2 aromatic rings. The van der Waals surface area contributed by atoms with Crippen molar-refractivity contribution in [1.29, 1.82) is 0 Å². The highest BCUT2D eigenvalue weighted by Crippen LogP contribution is 2.28. The second kappa shape index (κ2) is 7.61. The van der Waals surface area contributed by atoms with Gasteiger partial charge in [-0.1, -0.05) is 29.5 Å². The van der Waals surface area contributed by atoms with Gasteiger partial charge in [0.05, 0.1) is 7.11 Å². The number of hydrogen-bond acceptors (Lipinski definition) is 2. The second-order valence-electron chi connectivity index (χ2n) is 4.33. The molecule has 1 radical (unpaired) electrons. The van der Waals surface area contributed by atoms with Crippen molar-refractivity contribution < 1.29 is 9.47 Å². The van der Waals surface area contributed by atoms with Gasteiger partial charge in [-0.15, -0.1) is 0 Å². The SMILES string of the molecule is [CH2]Cc1ccc(OCC#Cc2ccc(Cl)cc2)c(OC)c1. The molecule has 0 amide bonds. The van der Waals surface area contributed by atoms with Gasteiger partial charge in [0.15, 0.2) is 11.5 Å². The van der Waals surface area contributed by atoms with E-state index in [2.05, 4.69) is 18.8 Å². The van der Waals surface area contributed by atoms with Gasteiger partial charge in [-0.2, -0.15) is 0 Å². The summed E-state index contributed by atoms with van der Waals surface area (Å²) in [7, 11) is 1.62. The fraction of sp³-hybridized carbons (Fsp3) is 0.167. The Morgan fingerprint density at radius 2 is 1.86 bits per heavy atom. The molecule has 21 heavy (non-hydrogen) atoms. The maximum Gasteiger partial charge on any atom is 0.162 e. The number of benzene rings is 2. The average Bonchev–Trinajstić information content (AvgIpc) is 2.53. The first-order valence-electron chi connectivity index (χ1n) is 6.56. The first kappa shape index (κ1) is 15.3. The molecule has 0 heterocycles. The molecular formula is C18H16ClO2. The molecule has 0 aromatic heterocycles. The van der Waals surface area contributed by atoms with Gasteiger partial charge in [-0.05, 0) is 55.3 Å². The van der Waals surface area contributed by atoms with Gasteiger partial charge in [-0.3, -0.25) is 0 Å². The van der Waals surface area contributed by atoms with Crippen LogP contribution in [0.4, 0.5) is 0 Å². The molecule has 107 valence electrons. The number of rotatable bonds is 4. The molecule has 0 N–H and O–H groups in total. The Bertz CT molecular complexity index is 651. The smallest absolute Gasteiger partial charge is 0.162 e. The normalized spacial score (nSPS) is 9.67. The molecule has 0 bridgehead atoms. The highest BCUT2D eigenvalue weighted by molar-refractivity contribution is 6.30. The van der Waals surface area contributed by atoms with E-state index >= 15 is 0 Å². The fourth-order valence-electron chi connectivity index (χ4n) is 1.77. The van der Waals surface area contributed by atoms with Crippen LogP contribution in [0.5, 0.6) is 11.5 Å². The van der Waals surface area contributed by atoms with E-state index in [0.29, 0.717) is 29.5 Å². The maximum atomic E-state index is 5.82. The summed E-state index contributed by atoms with van der Waals surface area (Å²) < 4.78 is 10.9. The number of halogens is 1. The van der Waals surface area contributed by atoms with Crippen LogP contribution in [-0.2, 0) is 6.42 Å². The van der Waals surface area contributed by atoms with E-state index in [4.69, 9.17) is 21.1 Å². The minimum atomic E-state index is 0.294. The predicted octanol–water partition coefficient (Wildman–Crippen LogP) is 4.16. The topological polar surface area (TPSA) is 18.5 Å². The van der Waals surface area contributed by atoms with E-state index in [1.54, 1.807) is 7.11 Å². The second-order valence-corrected chi connectivity index (χ2v) is 4.77. The van der Waals surface area contributed by atoms with Crippen molar-refractivity contribution in [1.82, 2.24) is 0 Å². The molecule has 0 spiro atoms. The molecule has 2 nitrogen and oxygen atoms in total. The Morgan fingerprint density at radius 3 is 2.52 bits per heavy atom. The zero-order valence-electron chi connectivity index (χ0n) is 11.9. The Hall–Kier alpha value is -2.11. The first-order chi connectivity index (χ1) is 10.2. The van der Waals surface area contributed by atoms with Gasteiger partial charge < -0.3 is 9.47 Å². The molecule has 0 saturated heterocycles. The van der Waals surface area contributed by atoms with Gasteiger partial charge in [0, 0.05) is 10.6 Å². The van der Waals surface area contributed by atoms with Gasteiger partial charge in [-0.25, -0.2) is 0 Å². The Balaban J connectivity index is 1.99. The van der Waals surface area contributed by atoms with Crippen LogP contribution in [-0.4, -0.2) is 13.7 Å². The van der Waals surface area contributed by atoms with Crippen molar-refractivity contribution in [2.45, 2.75) is 6.42 Å². The summed E-state index contributed by atoms with van der Waals surface area (Å²) in [6, 6.07) is 13.1. The Morgan fingerprint density at radius 1 is 1.10 bits per heavy atom. The van der Waals surface area contributed by atoms with Crippen LogP contribution in [0, 0.1) is 18.8 Å².